The summed E-state index contributed by atoms with van der Waals surface area (Å²) in [5.74, 6) is 1.08. The number of methoxy groups -OCH3 is 1. The Bertz CT molecular complexity index is 592. The van der Waals surface area contributed by atoms with Crippen LogP contribution in [0.2, 0.25) is 0 Å². The standard InChI is InChI=1S/C14H15NO3S/c1-3-18-11-5-4-9(8-10(11)15)13(16)14-12(17-2)6-7-19-14/h4-8H,3,15H2,1-2H3. The Morgan fingerprint density at radius 3 is 2.74 bits per heavy atom. The number of anilines is 1. The summed E-state index contributed by atoms with van der Waals surface area (Å²) < 4.78 is 10.5. The lowest BCUT2D eigenvalue weighted by atomic mass is 10.1. The fourth-order valence-corrected chi connectivity index (χ4v) is 2.55. The van der Waals surface area contributed by atoms with Gasteiger partial charge >= 0.3 is 0 Å². The van der Waals surface area contributed by atoms with Crippen LogP contribution in [0.25, 0.3) is 0 Å². The lowest BCUT2D eigenvalue weighted by Gasteiger charge is -2.08. The number of benzene rings is 1. The van der Waals surface area contributed by atoms with Crippen LogP contribution in [0, 0.1) is 0 Å². The maximum absolute atomic E-state index is 12.3. The van der Waals surface area contributed by atoms with Gasteiger partial charge in [-0.2, -0.15) is 0 Å². The van der Waals surface area contributed by atoms with Crippen LogP contribution < -0.4 is 15.2 Å². The summed E-state index contributed by atoms with van der Waals surface area (Å²) in [7, 11) is 1.55. The molecule has 0 aliphatic heterocycles. The Kier molecular flexibility index (Phi) is 4.06. The van der Waals surface area contributed by atoms with E-state index < -0.39 is 0 Å². The highest BCUT2D eigenvalue weighted by Crippen LogP contribution is 2.29. The van der Waals surface area contributed by atoms with E-state index in [1.54, 1.807) is 31.4 Å². The second kappa shape index (κ2) is 5.75. The Hall–Kier alpha value is -2.01. The van der Waals surface area contributed by atoms with Crippen LogP contribution in [0.1, 0.15) is 22.2 Å². The van der Waals surface area contributed by atoms with E-state index in [1.165, 1.54) is 11.3 Å². The molecule has 0 aliphatic carbocycles. The van der Waals surface area contributed by atoms with Crippen LogP contribution >= 0.6 is 11.3 Å². The Labute approximate surface area is 115 Å². The van der Waals surface area contributed by atoms with Gasteiger partial charge in [0, 0.05) is 5.56 Å². The average Bonchev–Trinajstić information content (AvgIpc) is 2.88. The van der Waals surface area contributed by atoms with Crippen LogP contribution in [-0.4, -0.2) is 19.5 Å². The van der Waals surface area contributed by atoms with Gasteiger partial charge in [0.25, 0.3) is 0 Å². The third kappa shape index (κ3) is 2.71. The van der Waals surface area contributed by atoms with E-state index in [9.17, 15) is 4.79 Å². The molecule has 5 heteroatoms. The molecule has 1 aromatic carbocycles. The van der Waals surface area contributed by atoms with Crippen LogP contribution in [0.15, 0.2) is 29.6 Å². The molecular formula is C14H15NO3S. The van der Waals surface area contributed by atoms with Crippen LogP contribution in [-0.2, 0) is 0 Å². The molecule has 0 bridgehead atoms. The third-order valence-electron chi connectivity index (χ3n) is 2.63. The third-order valence-corrected chi connectivity index (χ3v) is 3.52. The molecule has 1 heterocycles. The molecule has 0 amide bonds. The summed E-state index contributed by atoms with van der Waals surface area (Å²) in [5, 5.41) is 1.82. The molecule has 100 valence electrons. The maximum atomic E-state index is 12.3. The predicted octanol–water partition coefficient (Wildman–Crippen LogP) is 2.97. The van der Waals surface area contributed by atoms with Gasteiger partial charge in [-0.1, -0.05) is 0 Å². The number of thiophene rings is 1. The molecule has 0 fully saturated rings. The molecule has 0 atom stereocenters. The smallest absolute Gasteiger partial charge is 0.206 e. The van der Waals surface area contributed by atoms with Crippen LogP contribution in [0.5, 0.6) is 11.5 Å². The monoisotopic (exact) mass is 277 g/mol. The van der Waals surface area contributed by atoms with Gasteiger partial charge in [0.2, 0.25) is 5.78 Å². The quantitative estimate of drug-likeness (QED) is 0.674. The zero-order chi connectivity index (χ0) is 13.8. The molecule has 19 heavy (non-hydrogen) atoms. The maximum Gasteiger partial charge on any atom is 0.206 e. The number of hydrogen-bond donors (Lipinski definition) is 1. The Balaban J connectivity index is 2.32. The number of ketones is 1. The second-order valence-corrected chi connectivity index (χ2v) is 4.75. The molecule has 0 radical (unpaired) electrons. The minimum Gasteiger partial charge on any atom is -0.495 e. The van der Waals surface area contributed by atoms with Gasteiger partial charge in [-0.15, -0.1) is 11.3 Å². The van der Waals surface area contributed by atoms with Crippen molar-refractivity contribution in [2.45, 2.75) is 6.92 Å². The van der Waals surface area contributed by atoms with Gasteiger partial charge in [-0.3, -0.25) is 4.79 Å². The molecule has 0 saturated heterocycles. The molecular weight excluding hydrogens is 262 g/mol. The first-order chi connectivity index (χ1) is 9.17. The van der Waals surface area contributed by atoms with Crippen molar-refractivity contribution >= 4 is 22.8 Å². The highest BCUT2D eigenvalue weighted by molar-refractivity contribution is 7.12. The van der Waals surface area contributed by atoms with E-state index in [-0.39, 0.29) is 5.78 Å². The molecule has 0 unspecified atom stereocenters. The second-order valence-electron chi connectivity index (χ2n) is 3.83. The summed E-state index contributed by atoms with van der Waals surface area (Å²) in [4.78, 5) is 12.9. The van der Waals surface area contributed by atoms with E-state index in [2.05, 4.69) is 0 Å². The van der Waals surface area contributed by atoms with Crippen molar-refractivity contribution in [2.24, 2.45) is 0 Å². The first kappa shape index (κ1) is 13.4. The lowest BCUT2D eigenvalue weighted by Crippen LogP contribution is -2.03. The molecule has 1 aromatic heterocycles. The number of rotatable bonds is 5. The SMILES string of the molecule is CCOc1ccc(C(=O)c2sccc2OC)cc1N. The molecule has 2 aromatic rings. The minimum atomic E-state index is -0.0957. The molecule has 2 rings (SSSR count). The van der Waals surface area contributed by atoms with Crippen molar-refractivity contribution in [3.05, 3.63) is 40.1 Å². The highest BCUT2D eigenvalue weighted by Gasteiger charge is 2.17. The summed E-state index contributed by atoms with van der Waals surface area (Å²) in [6.45, 7) is 2.42. The van der Waals surface area contributed by atoms with Gasteiger partial charge in [-0.05, 0) is 36.6 Å². The average molecular weight is 277 g/mol. The number of nitrogens with two attached hydrogens (primary N) is 1. The summed E-state index contributed by atoms with van der Waals surface area (Å²) in [6.07, 6.45) is 0. The molecule has 4 nitrogen and oxygen atoms in total. The normalized spacial score (nSPS) is 10.2. The van der Waals surface area contributed by atoms with Gasteiger partial charge in [0.15, 0.2) is 0 Å². The molecule has 0 spiro atoms. The van der Waals surface area contributed by atoms with E-state index in [0.717, 1.165) is 0 Å². The van der Waals surface area contributed by atoms with E-state index in [0.29, 0.717) is 34.2 Å². The van der Waals surface area contributed by atoms with Crippen molar-refractivity contribution < 1.29 is 14.3 Å². The summed E-state index contributed by atoms with van der Waals surface area (Å²) in [5.41, 5.74) is 6.85. The zero-order valence-electron chi connectivity index (χ0n) is 10.8. The topological polar surface area (TPSA) is 61.5 Å². The Morgan fingerprint density at radius 2 is 2.11 bits per heavy atom. The van der Waals surface area contributed by atoms with E-state index >= 15 is 0 Å². The van der Waals surface area contributed by atoms with Crippen molar-refractivity contribution in [3.8, 4) is 11.5 Å². The van der Waals surface area contributed by atoms with Gasteiger partial charge in [0.05, 0.1) is 19.4 Å². The van der Waals surface area contributed by atoms with Crippen molar-refractivity contribution in [3.63, 3.8) is 0 Å². The predicted molar refractivity (Wildman–Crippen MR) is 76.3 cm³/mol. The van der Waals surface area contributed by atoms with Crippen LogP contribution in [0.4, 0.5) is 5.69 Å². The number of carbonyl (C=O) groups excluding carboxylic acids is 1. The largest absolute Gasteiger partial charge is 0.495 e. The first-order valence-electron chi connectivity index (χ1n) is 5.85. The number of nitrogen functional groups attached to an aromatic ring is 1. The van der Waals surface area contributed by atoms with Gasteiger partial charge in [0.1, 0.15) is 16.4 Å². The first-order valence-corrected chi connectivity index (χ1v) is 6.73. The van der Waals surface area contributed by atoms with Gasteiger partial charge in [-0.25, -0.2) is 0 Å². The minimum absolute atomic E-state index is 0.0957. The van der Waals surface area contributed by atoms with E-state index in [1.807, 2.05) is 12.3 Å². The molecule has 0 saturated carbocycles. The zero-order valence-corrected chi connectivity index (χ0v) is 11.6. The van der Waals surface area contributed by atoms with Crippen molar-refractivity contribution in [2.75, 3.05) is 19.5 Å². The number of carbonyl (C=O) groups is 1. The summed E-state index contributed by atoms with van der Waals surface area (Å²) in [6, 6.07) is 6.83. The van der Waals surface area contributed by atoms with Crippen molar-refractivity contribution in [1.29, 1.82) is 0 Å². The summed E-state index contributed by atoms with van der Waals surface area (Å²) >= 11 is 1.35. The van der Waals surface area contributed by atoms with Crippen LogP contribution in [0.3, 0.4) is 0 Å². The fourth-order valence-electron chi connectivity index (χ4n) is 1.73. The number of ether oxygens (including phenoxy) is 2. The van der Waals surface area contributed by atoms with E-state index in [4.69, 9.17) is 15.2 Å². The Morgan fingerprint density at radius 1 is 1.32 bits per heavy atom. The fraction of sp³-hybridized carbons (Fsp3) is 0.214. The molecule has 2 N–H and O–H groups in total. The lowest BCUT2D eigenvalue weighted by molar-refractivity contribution is 0.104. The van der Waals surface area contributed by atoms with Crippen molar-refractivity contribution in [1.82, 2.24) is 0 Å². The highest BCUT2D eigenvalue weighted by atomic mass is 32.1. The molecule has 0 aliphatic rings. The van der Waals surface area contributed by atoms with Gasteiger partial charge < -0.3 is 15.2 Å². The number of hydrogen-bond acceptors (Lipinski definition) is 5.